The largest absolute Gasteiger partial charge is 0.493 e. The highest BCUT2D eigenvalue weighted by Crippen LogP contribution is 2.34. The molecule has 0 saturated heterocycles. The molecule has 2 N–H and O–H groups in total. The highest BCUT2D eigenvalue weighted by atomic mass is 16.5. The number of nitrogens with zero attached hydrogens (tertiary/aromatic N) is 3. The minimum atomic E-state index is -0.950. The van der Waals surface area contributed by atoms with Gasteiger partial charge in [-0.05, 0) is 12.1 Å². The van der Waals surface area contributed by atoms with Gasteiger partial charge in [-0.15, -0.1) is 5.10 Å². The Morgan fingerprint density at radius 1 is 1.23 bits per heavy atom. The van der Waals surface area contributed by atoms with E-state index in [9.17, 15) is 14.7 Å². The molecule has 0 fully saturated rings. The first kappa shape index (κ1) is 20.9. The van der Waals surface area contributed by atoms with Crippen LogP contribution in [-0.4, -0.2) is 53.3 Å². The van der Waals surface area contributed by atoms with Crippen molar-refractivity contribution in [2.24, 2.45) is 0 Å². The Bertz CT molecular complexity index is 1030. The maximum Gasteiger partial charge on any atom is 0.340 e. The Kier molecular flexibility index (Phi) is 6.32. The van der Waals surface area contributed by atoms with E-state index in [2.05, 4.69) is 15.6 Å². The quantitative estimate of drug-likeness (QED) is 0.525. The average Bonchev–Trinajstić information content (AvgIpc) is 3.45. The number of carbonyl (C=O) groups is 2. The summed E-state index contributed by atoms with van der Waals surface area (Å²) in [6.45, 7) is 0.0392. The average molecular weight is 416 g/mol. The fraction of sp³-hybridized carbons (Fsp3) is 0.263. The molecule has 1 atom stereocenters. The summed E-state index contributed by atoms with van der Waals surface area (Å²) >= 11 is 0. The van der Waals surface area contributed by atoms with Crippen LogP contribution < -0.4 is 14.8 Å². The van der Waals surface area contributed by atoms with E-state index in [1.807, 2.05) is 0 Å². The number of furan rings is 1. The fourth-order valence-electron chi connectivity index (χ4n) is 2.69. The lowest BCUT2D eigenvalue weighted by Gasteiger charge is -2.14. The van der Waals surface area contributed by atoms with Gasteiger partial charge in [0.05, 0.1) is 51.6 Å². The maximum absolute atomic E-state index is 12.6. The van der Waals surface area contributed by atoms with Gasteiger partial charge in [0.2, 0.25) is 0 Å². The minimum Gasteiger partial charge on any atom is -0.493 e. The topological polar surface area (TPSA) is 138 Å². The Labute approximate surface area is 171 Å². The van der Waals surface area contributed by atoms with Crippen LogP contribution in [0.5, 0.6) is 11.5 Å². The Hall–Kier alpha value is -3.86. The molecule has 3 aromatic rings. The first-order valence-electron chi connectivity index (χ1n) is 8.74. The zero-order chi connectivity index (χ0) is 21.7. The van der Waals surface area contributed by atoms with Gasteiger partial charge in [0.25, 0.3) is 5.91 Å². The summed E-state index contributed by atoms with van der Waals surface area (Å²) in [5.74, 6) is -0.313. The summed E-state index contributed by atoms with van der Waals surface area (Å²) < 4.78 is 21.6. The first-order valence-corrected chi connectivity index (χ1v) is 8.74. The van der Waals surface area contributed by atoms with Crippen LogP contribution in [0.15, 0.2) is 41.1 Å². The van der Waals surface area contributed by atoms with Gasteiger partial charge in [-0.3, -0.25) is 4.79 Å². The van der Waals surface area contributed by atoms with Crippen molar-refractivity contribution >= 4 is 17.6 Å². The van der Waals surface area contributed by atoms with E-state index in [4.69, 9.17) is 18.6 Å². The van der Waals surface area contributed by atoms with Crippen LogP contribution in [0.3, 0.4) is 0 Å². The number of aliphatic hydroxyl groups is 1. The van der Waals surface area contributed by atoms with Crippen LogP contribution in [0.2, 0.25) is 0 Å². The van der Waals surface area contributed by atoms with Gasteiger partial charge >= 0.3 is 5.97 Å². The van der Waals surface area contributed by atoms with E-state index in [-0.39, 0.29) is 23.5 Å². The van der Waals surface area contributed by atoms with E-state index in [0.29, 0.717) is 17.3 Å². The molecule has 11 heteroatoms. The van der Waals surface area contributed by atoms with Crippen LogP contribution in [0.1, 0.15) is 32.7 Å². The van der Waals surface area contributed by atoms with Gasteiger partial charge < -0.3 is 29.1 Å². The number of hydrogen-bond donors (Lipinski definition) is 2. The molecule has 0 aliphatic rings. The van der Waals surface area contributed by atoms with Crippen LogP contribution in [0.4, 0.5) is 5.69 Å². The van der Waals surface area contributed by atoms with Crippen molar-refractivity contribution in [3.63, 3.8) is 0 Å². The number of methoxy groups -OCH3 is 3. The molecule has 1 amide bonds. The first-order chi connectivity index (χ1) is 14.5. The lowest BCUT2D eigenvalue weighted by atomic mass is 10.1. The summed E-state index contributed by atoms with van der Waals surface area (Å²) in [6.07, 6.45) is 1.86. The SMILES string of the molecule is COC(=O)c1cc(OC)c(OC)cc1NC(=O)c1cn(CC(O)c2ccco2)nn1. The van der Waals surface area contributed by atoms with Crippen molar-refractivity contribution in [3.05, 3.63) is 53.7 Å². The predicted octanol–water partition coefficient (Wildman–Crippen LogP) is 1.66. The second-order valence-electron chi connectivity index (χ2n) is 6.06. The number of aromatic nitrogens is 3. The molecule has 0 saturated carbocycles. The Balaban J connectivity index is 1.80. The standard InChI is InChI=1S/C19H20N4O7/c1-27-16-7-11(19(26)29-3)12(8-17(16)28-2)20-18(25)13-9-23(22-21-13)10-14(24)15-5-4-6-30-15/h4-9,14,24H,10H2,1-3H3,(H,20,25). The van der Waals surface area contributed by atoms with Crippen LogP contribution in [0, 0.1) is 0 Å². The fourth-order valence-corrected chi connectivity index (χ4v) is 2.69. The molecule has 0 aliphatic heterocycles. The summed E-state index contributed by atoms with van der Waals surface area (Å²) in [5, 5.41) is 20.3. The molecule has 1 unspecified atom stereocenters. The molecule has 2 aromatic heterocycles. The van der Waals surface area contributed by atoms with Crippen LogP contribution >= 0.6 is 0 Å². The van der Waals surface area contributed by atoms with E-state index in [0.717, 1.165) is 0 Å². The van der Waals surface area contributed by atoms with E-state index in [1.165, 1.54) is 50.6 Å². The predicted molar refractivity (Wildman–Crippen MR) is 103 cm³/mol. The summed E-state index contributed by atoms with van der Waals surface area (Å²) in [7, 11) is 4.07. The van der Waals surface area contributed by atoms with Crippen LogP contribution in [-0.2, 0) is 11.3 Å². The van der Waals surface area contributed by atoms with Crippen molar-refractivity contribution in [1.82, 2.24) is 15.0 Å². The van der Waals surface area contributed by atoms with Crippen molar-refractivity contribution in [2.45, 2.75) is 12.6 Å². The summed E-state index contributed by atoms with van der Waals surface area (Å²) in [4.78, 5) is 24.7. The molecule has 1 aromatic carbocycles. The molecule has 3 rings (SSSR count). The molecule has 158 valence electrons. The molecule has 11 nitrogen and oxygen atoms in total. The van der Waals surface area contributed by atoms with Gasteiger partial charge in [0, 0.05) is 12.1 Å². The van der Waals surface area contributed by atoms with Gasteiger partial charge in [-0.2, -0.15) is 0 Å². The van der Waals surface area contributed by atoms with Gasteiger partial charge in [0.15, 0.2) is 17.2 Å². The number of nitrogens with one attached hydrogen (secondary N) is 1. The molecular weight excluding hydrogens is 396 g/mol. The second kappa shape index (κ2) is 9.09. The number of rotatable bonds is 8. The minimum absolute atomic E-state index is 0.0211. The third kappa shape index (κ3) is 4.41. The van der Waals surface area contributed by atoms with Crippen molar-refractivity contribution in [2.75, 3.05) is 26.6 Å². The summed E-state index contributed by atoms with van der Waals surface area (Å²) in [6, 6.07) is 6.12. The number of benzene rings is 1. The zero-order valence-corrected chi connectivity index (χ0v) is 16.5. The van der Waals surface area contributed by atoms with E-state index in [1.54, 1.807) is 12.1 Å². The number of carbonyl (C=O) groups excluding carboxylic acids is 2. The molecule has 0 aliphatic carbocycles. The van der Waals surface area contributed by atoms with Gasteiger partial charge in [-0.1, -0.05) is 5.21 Å². The number of aliphatic hydroxyl groups excluding tert-OH is 1. The third-order valence-corrected chi connectivity index (χ3v) is 4.18. The number of amides is 1. The van der Waals surface area contributed by atoms with Gasteiger partial charge in [0.1, 0.15) is 11.9 Å². The highest BCUT2D eigenvalue weighted by Gasteiger charge is 2.21. The molecule has 0 radical (unpaired) electrons. The smallest absolute Gasteiger partial charge is 0.340 e. The molecule has 30 heavy (non-hydrogen) atoms. The monoisotopic (exact) mass is 416 g/mol. The van der Waals surface area contributed by atoms with Gasteiger partial charge in [-0.25, -0.2) is 9.48 Å². The molecule has 0 spiro atoms. The molecule has 2 heterocycles. The normalized spacial score (nSPS) is 11.6. The molecule has 0 bridgehead atoms. The van der Waals surface area contributed by atoms with Crippen LogP contribution in [0.25, 0.3) is 0 Å². The Morgan fingerprint density at radius 2 is 1.97 bits per heavy atom. The second-order valence-corrected chi connectivity index (χ2v) is 6.06. The van der Waals surface area contributed by atoms with Crippen molar-refractivity contribution < 1.29 is 33.3 Å². The van der Waals surface area contributed by atoms with E-state index < -0.39 is 18.0 Å². The number of ether oxygens (including phenoxy) is 3. The maximum atomic E-state index is 12.6. The van der Waals surface area contributed by atoms with Crippen molar-refractivity contribution in [3.8, 4) is 11.5 Å². The number of hydrogen-bond acceptors (Lipinski definition) is 9. The van der Waals surface area contributed by atoms with E-state index >= 15 is 0 Å². The number of esters is 1. The number of anilines is 1. The Morgan fingerprint density at radius 3 is 2.60 bits per heavy atom. The lowest BCUT2D eigenvalue weighted by Crippen LogP contribution is -2.16. The zero-order valence-electron chi connectivity index (χ0n) is 16.5. The summed E-state index contributed by atoms with van der Waals surface area (Å²) in [5.41, 5.74) is 0.200. The lowest BCUT2D eigenvalue weighted by molar-refractivity contribution is 0.0601. The molecular formula is C19H20N4O7. The third-order valence-electron chi connectivity index (χ3n) is 4.18. The highest BCUT2D eigenvalue weighted by molar-refractivity contribution is 6.07. The van der Waals surface area contributed by atoms with Crippen molar-refractivity contribution in [1.29, 1.82) is 0 Å².